The zero-order chi connectivity index (χ0) is 25.6. The number of imidazole rings is 1. The van der Waals surface area contributed by atoms with Crippen molar-refractivity contribution in [1.82, 2.24) is 19.5 Å². The lowest BCUT2D eigenvalue weighted by molar-refractivity contribution is -0.112. The van der Waals surface area contributed by atoms with Crippen LogP contribution in [-0.2, 0) is 11.8 Å². The topological polar surface area (TPSA) is 72.7 Å². The molecule has 4 rings (SSSR count). The molecule has 6 nitrogen and oxygen atoms in total. The number of benzene rings is 1. The second-order valence-corrected chi connectivity index (χ2v) is 9.44. The molecule has 13 heteroatoms. The van der Waals surface area contributed by atoms with Gasteiger partial charge in [0.15, 0.2) is 0 Å². The molecule has 0 aliphatic rings. The van der Waals surface area contributed by atoms with Gasteiger partial charge in [-0.25, -0.2) is 9.97 Å². The number of anilines is 1. The SMILES string of the molecule is B/C(C(=O)Nc1cc2cc(-c3cnc(C)n3C)cnc2cn1)=C(/B)c1c(B)c(B)c(B)c(B)c1B. The molecule has 0 saturated carbocycles. The molecule has 1 N–H and O–H groups in total. The summed E-state index contributed by atoms with van der Waals surface area (Å²) in [6, 6.07) is 3.92. The number of rotatable bonds is 4. The Balaban J connectivity index is 1.68. The molecule has 0 bridgehead atoms. The van der Waals surface area contributed by atoms with Crippen LogP contribution in [0.4, 0.5) is 5.82 Å². The van der Waals surface area contributed by atoms with Crippen LogP contribution in [0.3, 0.4) is 0 Å². The number of aromatic nitrogens is 4. The molecule has 0 aliphatic carbocycles. The van der Waals surface area contributed by atoms with Gasteiger partial charge in [0, 0.05) is 24.2 Å². The number of carbonyl (C=O) groups excluding carboxylic acids is 1. The Labute approximate surface area is 212 Å². The molecule has 166 valence electrons. The molecule has 4 aromatic rings. The van der Waals surface area contributed by atoms with Crippen molar-refractivity contribution >= 4 is 110 Å². The van der Waals surface area contributed by atoms with E-state index >= 15 is 0 Å². The predicted octanol–water partition coefficient (Wildman–Crippen LogP) is -6.80. The monoisotopic (exact) mass is 453 g/mol. The number of hydrogen-bond donors (Lipinski definition) is 1. The Morgan fingerprint density at radius 1 is 0.857 bits per heavy atom. The average molecular weight is 452 g/mol. The van der Waals surface area contributed by atoms with Gasteiger partial charge in [-0.05, 0) is 30.1 Å². The molecule has 1 amide bonds. The fraction of sp³-hybridized carbons (Fsp3) is 0.0909. The number of nitrogens with one attached hydrogen (secondary N) is 1. The molecule has 0 spiro atoms. The molecule has 0 unspecified atom stereocenters. The Morgan fingerprint density at radius 2 is 1.49 bits per heavy atom. The first-order valence-corrected chi connectivity index (χ1v) is 11.8. The fourth-order valence-corrected chi connectivity index (χ4v) is 4.64. The maximum Gasteiger partial charge on any atom is 0.242 e. The van der Waals surface area contributed by atoms with Crippen LogP contribution in [0.1, 0.15) is 11.4 Å². The van der Waals surface area contributed by atoms with Crippen LogP contribution < -0.4 is 32.6 Å². The van der Waals surface area contributed by atoms with Gasteiger partial charge < -0.3 is 9.88 Å². The largest absolute Gasteiger partial charge is 0.331 e. The van der Waals surface area contributed by atoms with E-state index in [4.69, 9.17) is 0 Å². The molecule has 0 radical (unpaired) electrons. The maximum atomic E-state index is 13.2. The van der Waals surface area contributed by atoms with Gasteiger partial charge in [-0.2, -0.15) is 0 Å². The van der Waals surface area contributed by atoms with Crippen molar-refractivity contribution in [3.05, 3.63) is 47.6 Å². The van der Waals surface area contributed by atoms with Gasteiger partial charge in [-0.15, -0.1) is 16.4 Å². The smallest absolute Gasteiger partial charge is 0.242 e. The number of hydrogen-bond acceptors (Lipinski definition) is 4. The third-order valence-electron chi connectivity index (χ3n) is 7.60. The first-order valence-electron chi connectivity index (χ1n) is 11.8. The van der Waals surface area contributed by atoms with Crippen molar-refractivity contribution in [3.63, 3.8) is 0 Å². The molecule has 1 aromatic carbocycles. The van der Waals surface area contributed by atoms with Crippen molar-refractivity contribution in [2.24, 2.45) is 7.05 Å². The Bertz CT molecular complexity index is 1520. The highest BCUT2D eigenvalue weighted by Gasteiger charge is 2.17. The van der Waals surface area contributed by atoms with Crippen LogP contribution >= 0.6 is 0 Å². The zero-order valence-corrected chi connectivity index (χ0v) is 22.1. The summed E-state index contributed by atoms with van der Waals surface area (Å²) in [6.45, 7) is 1.97. The van der Waals surface area contributed by atoms with Gasteiger partial charge in [0.1, 0.15) is 66.6 Å². The van der Waals surface area contributed by atoms with Crippen molar-refractivity contribution in [3.8, 4) is 11.3 Å². The summed E-state index contributed by atoms with van der Waals surface area (Å²) in [5.41, 5.74) is 11.9. The molecule has 0 saturated heterocycles. The van der Waals surface area contributed by atoms with Crippen LogP contribution in [-0.4, -0.2) is 80.4 Å². The summed E-state index contributed by atoms with van der Waals surface area (Å²) < 4.78 is 2.03. The lowest BCUT2D eigenvalue weighted by Gasteiger charge is -2.22. The number of aryl methyl sites for hydroxylation is 1. The van der Waals surface area contributed by atoms with E-state index in [-0.39, 0.29) is 5.91 Å². The van der Waals surface area contributed by atoms with Crippen LogP contribution in [0.25, 0.3) is 27.6 Å². The van der Waals surface area contributed by atoms with Crippen LogP contribution in [0, 0.1) is 6.92 Å². The second-order valence-electron chi connectivity index (χ2n) is 9.44. The van der Waals surface area contributed by atoms with E-state index in [1.807, 2.05) is 52.7 Å². The minimum Gasteiger partial charge on any atom is -0.331 e. The number of pyridine rings is 2. The van der Waals surface area contributed by atoms with E-state index in [9.17, 15) is 4.79 Å². The lowest BCUT2D eigenvalue weighted by Crippen LogP contribution is -2.56. The Morgan fingerprint density at radius 3 is 2.09 bits per heavy atom. The molecule has 3 heterocycles. The molecule has 0 fully saturated rings. The second kappa shape index (κ2) is 9.36. The van der Waals surface area contributed by atoms with Gasteiger partial charge >= 0.3 is 0 Å². The minimum atomic E-state index is -0.157. The number of fused-ring (bicyclic) bond motifs is 1. The van der Waals surface area contributed by atoms with Crippen LogP contribution in [0.5, 0.6) is 0 Å². The van der Waals surface area contributed by atoms with E-state index in [1.165, 1.54) is 27.3 Å². The standard InChI is InChI=1S/C22H26B7N5O/c1-8-30-7-12(34(8)2)10-3-9-4-13(32-6-11(9)31-5-10)33-22(35)21(29)17(25)14-15(23)18(26)20(28)19(27)16(14)24/h3-7H,23-29H2,1-2H3,(H,32,33,35)/b21-17+. The number of nitrogens with zero attached hydrogens (tertiary/aromatic N) is 4. The fourth-order valence-electron chi connectivity index (χ4n) is 4.64. The van der Waals surface area contributed by atoms with Crippen molar-refractivity contribution < 1.29 is 4.79 Å². The molecular formula is C22H26B7N5O. The van der Waals surface area contributed by atoms with E-state index in [0.717, 1.165) is 39.0 Å². The van der Waals surface area contributed by atoms with Crippen LogP contribution in [0.15, 0.2) is 36.2 Å². The third-order valence-corrected chi connectivity index (χ3v) is 7.60. The van der Waals surface area contributed by atoms with E-state index in [0.29, 0.717) is 11.3 Å². The number of carbonyl (C=O) groups is 1. The predicted molar refractivity (Wildman–Crippen MR) is 166 cm³/mol. The van der Waals surface area contributed by atoms with Crippen molar-refractivity contribution in [2.45, 2.75) is 6.92 Å². The Hall–Kier alpha value is -3.35. The summed E-state index contributed by atoms with van der Waals surface area (Å²) >= 11 is 0. The minimum absolute atomic E-state index is 0.157. The summed E-state index contributed by atoms with van der Waals surface area (Å²) in [5.74, 6) is 1.28. The number of amides is 1. The van der Waals surface area contributed by atoms with Crippen molar-refractivity contribution in [1.29, 1.82) is 0 Å². The highest BCUT2D eigenvalue weighted by atomic mass is 16.1. The van der Waals surface area contributed by atoms with Crippen molar-refractivity contribution in [2.75, 3.05) is 5.32 Å². The first kappa shape index (κ1) is 24.8. The van der Waals surface area contributed by atoms with Gasteiger partial charge in [-0.3, -0.25) is 9.78 Å². The van der Waals surface area contributed by atoms with Gasteiger partial charge in [-0.1, -0.05) is 16.4 Å². The van der Waals surface area contributed by atoms with Gasteiger partial charge in [0.25, 0.3) is 0 Å². The quantitative estimate of drug-likeness (QED) is 0.247. The average Bonchev–Trinajstić information content (AvgIpc) is 3.18. The third kappa shape index (κ3) is 4.40. The van der Waals surface area contributed by atoms with E-state index in [2.05, 4.69) is 65.6 Å². The summed E-state index contributed by atoms with van der Waals surface area (Å²) in [7, 11) is 16.6. The summed E-state index contributed by atoms with van der Waals surface area (Å²) in [4.78, 5) is 26.6. The Kier molecular flexibility index (Phi) is 6.63. The summed E-state index contributed by atoms with van der Waals surface area (Å²) in [6.07, 6.45) is 5.36. The highest BCUT2D eigenvalue weighted by Crippen LogP contribution is 2.24. The normalized spacial score (nSPS) is 11.9. The highest BCUT2D eigenvalue weighted by molar-refractivity contribution is 6.70. The van der Waals surface area contributed by atoms with E-state index < -0.39 is 0 Å². The summed E-state index contributed by atoms with van der Waals surface area (Å²) in [5, 5.41) is 3.89. The first-order chi connectivity index (χ1) is 16.5. The molecule has 0 atom stereocenters. The molecule has 3 aromatic heterocycles. The van der Waals surface area contributed by atoms with Gasteiger partial charge in [0.2, 0.25) is 5.91 Å². The lowest BCUT2D eigenvalue weighted by atomic mass is 9.57. The maximum absolute atomic E-state index is 13.2. The molecular weight excluding hydrogens is 426 g/mol. The van der Waals surface area contributed by atoms with E-state index in [1.54, 1.807) is 6.20 Å². The van der Waals surface area contributed by atoms with Gasteiger partial charge in [0.05, 0.1) is 23.6 Å². The molecule has 35 heavy (non-hydrogen) atoms. The van der Waals surface area contributed by atoms with Crippen LogP contribution in [0.2, 0.25) is 0 Å². The zero-order valence-electron chi connectivity index (χ0n) is 22.1. The molecule has 0 aliphatic heterocycles.